The minimum atomic E-state index is 0.103. The van der Waals surface area contributed by atoms with Crippen molar-refractivity contribution in [3.8, 4) is 11.8 Å². The highest BCUT2D eigenvalue weighted by atomic mass is 16.5. The third-order valence-corrected chi connectivity index (χ3v) is 3.33. The molecular formula is C16H14N2O. The Morgan fingerprint density at radius 2 is 2.11 bits per heavy atom. The number of benzene rings is 2. The van der Waals surface area contributed by atoms with Gasteiger partial charge in [0.1, 0.15) is 18.4 Å². The second kappa shape index (κ2) is 4.66. The van der Waals surface area contributed by atoms with E-state index in [0.29, 0.717) is 12.2 Å². The Bertz CT molecular complexity index is 658. The van der Waals surface area contributed by atoms with Crippen molar-refractivity contribution in [2.45, 2.75) is 13.0 Å². The summed E-state index contributed by atoms with van der Waals surface area (Å²) in [5.41, 5.74) is 3.76. The maximum absolute atomic E-state index is 9.19. The topological polar surface area (TPSA) is 45.0 Å². The van der Waals surface area contributed by atoms with Crippen LogP contribution < -0.4 is 10.1 Å². The molecule has 3 heteroatoms. The minimum absolute atomic E-state index is 0.103. The van der Waals surface area contributed by atoms with Crippen LogP contribution in [0, 0.1) is 18.3 Å². The van der Waals surface area contributed by atoms with Gasteiger partial charge < -0.3 is 10.1 Å². The molecule has 19 heavy (non-hydrogen) atoms. The van der Waals surface area contributed by atoms with E-state index in [1.807, 2.05) is 43.3 Å². The number of hydrogen-bond acceptors (Lipinski definition) is 3. The molecule has 1 aliphatic rings. The van der Waals surface area contributed by atoms with E-state index in [-0.39, 0.29) is 6.04 Å². The molecule has 0 bridgehead atoms. The van der Waals surface area contributed by atoms with Gasteiger partial charge in [-0.05, 0) is 30.7 Å². The van der Waals surface area contributed by atoms with Crippen LogP contribution in [0.5, 0.6) is 5.75 Å². The molecule has 1 atom stereocenters. The Kier molecular flexibility index (Phi) is 2.85. The molecule has 0 aromatic heterocycles. The average molecular weight is 250 g/mol. The minimum Gasteiger partial charge on any atom is -0.491 e. The van der Waals surface area contributed by atoms with E-state index < -0.39 is 0 Å². The van der Waals surface area contributed by atoms with Crippen molar-refractivity contribution in [1.82, 2.24) is 0 Å². The fourth-order valence-corrected chi connectivity index (χ4v) is 2.35. The third kappa shape index (κ3) is 2.13. The lowest BCUT2D eigenvalue weighted by atomic mass is 10.1. The van der Waals surface area contributed by atoms with Crippen molar-refractivity contribution < 1.29 is 4.74 Å². The van der Waals surface area contributed by atoms with Gasteiger partial charge in [-0.3, -0.25) is 0 Å². The maximum atomic E-state index is 9.19. The SMILES string of the molecule is Cc1ccc(NC2COc3ccccc32)c(C#N)c1. The smallest absolute Gasteiger partial charge is 0.124 e. The summed E-state index contributed by atoms with van der Waals surface area (Å²) in [5, 5.41) is 12.6. The normalized spacial score (nSPS) is 16.3. The summed E-state index contributed by atoms with van der Waals surface area (Å²) < 4.78 is 5.64. The molecule has 0 radical (unpaired) electrons. The molecule has 1 aliphatic heterocycles. The lowest BCUT2D eigenvalue weighted by Gasteiger charge is -2.14. The van der Waals surface area contributed by atoms with Gasteiger partial charge >= 0.3 is 0 Å². The quantitative estimate of drug-likeness (QED) is 0.888. The second-order valence-electron chi connectivity index (χ2n) is 4.71. The molecule has 1 heterocycles. The van der Waals surface area contributed by atoms with Crippen LogP contribution in [0.4, 0.5) is 5.69 Å². The van der Waals surface area contributed by atoms with E-state index in [1.54, 1.807) is 0 Å². The first-order chi connectivity index (χ1) is 9.28. The van der Waals surface area contributed by atoms with Gasteiger partial charge in [0.2, 0.25) is 0 Å². The number of nitrogens with one attached hydrogen (secondary N) is 1. The summed E-state index contributed by atoms with van der Waals surface area (Å²) >= 11 is 0. The summed E-state index contributed by atoms with van der Waals surface area (Å²) in [6.07, 6.45) is 0. The summed E-state index contributed by atoms with van der Waals surface area (Å²) in [7, 11) is 0. The number of anilines is 1. The van der Waals surface area contributed by atoms with E-state index >= 15 is 0 Å². The van der Waals surface area contributed by atoms with Gasteiger partial charge in [-0.15, -0.1) is 0 Å². The second-order valence-corrected chi connectivity index (χ2v) is 4.71. The first-order valence-corrected chi connectivity index (χ1v) is 6.27. The van der Waals surface area contributed by atoms with E-state index in [0.717, 1.165) is 22.6 Å². The predicted octanol–water partition coefficient (Wildman–Crippen LogP) is 3.41. The standard InChI is InChI=1S/C16H14N2O/c1-11-6-7-14(12(8-11)9-17)18-15-10-19-16-5-3-2-4-13(15)16/h2-8,15,18H,10H2,1H3. The van der Waals surface area contributed by atoms with Crippen LogP contribution in [0.2, 0.25) is 0 Å². The van der Waals surface area contributed by atoms with Gasteiger partial charge in [-0.2, -0.15) is 5.26 Å². The van der Waals surface area contributed by atoms with Crippen molar-refractivity contribution in [3.05, 3.63) is 59.2 Å². The molecule has 0 amide bonds. The first-order valence-electron chi connectivity index (χ1n) is 6.27. The van der Waals surface area contributed by atoms with Gasteiger partial charge in [0.15, 0.2) is 0 Å². The zero-order chi connectivity index (χ0) is 13.2. The molecule has 2 aromatic carbocycles. The predicted molar refractivity (Wildman–Crippen MR) is 74.2 cm³/mol. The molecule has 1 unspecified atom stereocenters. The first kappa shape index (κ1) is 11.6. The monoisotopic (exact) mass is 250 g/mol. The van der Waals surface area contributed by atoms with Crippen LogP contribution in [-0.2, 0) is 0 Å². The van der Waals surface area contributed by atoms with Crippen molar-refractivity contribution in [2.75, 3.05) is 11.9 Å². The lowest BCUT2D eigenvalue weighted by Crippen LogP contribution is -2.12. The van der Waals surface area contributed by atoms with Crippen LogP contribution in [-0.4, -0.2) is 6.61 Å². The molecular weight excluding hydrogens is 236 g/mol. The molecule has 0 fully saturated rings. The Morgan fingerprint density at radius 1 is 1.26 bits per heavy atom. The summed E-state index contributed by atoms with van der Waals surface area (Å²) in [4.78, 5) is 0. The molecule has 0 spiro atoms. The highest BCUT2D eigenvalue weighted by molar-refractivity contribution is 5.60. The number of aryl methyl sites for hydroxylation is 1. The molecule has 0 saturated carbocycles. The highest BCUT2D eigenvalue weighted by Gasteiger charge is 2.23. The summed E-state index contributed by atoms with van der Waals surface area (Å²) in [6.45, 7) is 2.58. The van der Waals surface area contributed by atoms with E-state index in [1.165, 1.54) is 0 Å². The van der Waals surface area contributed by atoms with Gasteiger partial charge in [-0.25, -0.2) is 0 Å². The Morgan fingerprint density at radius 3 is 2.95 bits per heavy atom. The van der Waals surface area contributed by atoms with Crippen LogP contribution in [0.3, 0.4) is 0 Å². The van der Waals surface area contributed by atoms with Crippen molar-refractivity contribution in [1.29, 1.82) is 5.26 Å². The summed E-state index contributed by atoms with van der Waals surface area (Å²) in [5.74, 6) is 0.922. The number of nitriles is 1. The van der Waals surface area contributed by atoms with E-state index in [9.17, 15) is 5.26 Å². The zero-order valence-corrected chi connectivity index (χ0v) is 10.7. The fraction of sp³-hybridized carbons (Fsp3) is 0.188. The number of nitrogens with zero attached hydrogens (tertiary/aromatic N) is 1. The zero-order valence-electron chi connectivity index (χ0n) is 10.7. The highest BCUT2D eigenvalue weighted by Crippen LogP contribution is 2.34. The molecule has 1 N–H and O–H groups in total. The fourth-order valence-electron chi connectivity index (χ4n) is 2.35. The number of para-hydroxylation sites is 1. The largest absolute Gasteiger partial charge is 0.491 e. The van der Waals surface area contributed by atoms with Gasteiger partial charge in [0, 0.05) is 5.56 Å². The Balaban J connectivity index is 1.90. The van der Waals surface area contributed by atoms with Gasteiger partial charge in [0.25, 0.3) is 0 Å². The van der Waals surface area contributed by atoms with E-state index in [2.05, 4.69) is 17.5 Å². The third-order valence-electron chi connectivity index (χ3n) is 3.33. The molecule has 0 aliphatic carbocycles. The number of ether oxygens (including phenoxy) is 1. The van der Waals surface area contributed by atoms with Crippen molar-refractivity contribution >= 4 is 5.69 Å². The van der Waals surface area contributed by atoms with Crippen LogP contribution >= 0.6 is 0 Å². The van der Waals surface area contributed by atoms with E-state index in [4.69, 9.17) is 4.74 Å². The molecule has 0 saturated heterocycles. The molecule has 2 aromatic rings. The number of fused-ring (bicyclic) bond motifs is 1. The molecule has 3 nitrogen and oxygen atoms in total. The van der Waals surface area contributed by atoms with Crippen molar-refractivity contribution in [2.24, 2.45) is 0 Å². The van der Waals surface area contributed by atoms with Crippen molar-refractivity contribution in [3.63, 3.8) is 0 Å². The average Bonchev–Trinajstić information content (AvgIpc) is 2.84. The van der Waals surface area contributed by atoms with Crippen LogP contribution in [0.15, 0.2) is 42.5 Å². The number of hydrogen-bond donors (Lipinski definition) is 1. The lowest BCUT2D eigenvalue weighted by molar-refractivity contribution is 0.340. The van der Waals surface area contributed by atoms with Crippen LogP contribution in [0.25, 0.3) is 0 Å². The Hall–Kier alpha value is -2.47. The van der Waals surface area contributed by atoms with Gasteiger partial charge in [0.05, 0.1) is 17.3 Å². The summed E-state index contributed by atoms with van der Waals surface area (Å²) in [6, 6.07) is 16.2. The maximum Gasteiger partial charge on any atom is 0.124 e. The number of rotatable bonds is 2. The Labute approximate surface area is 112 Å². The van der Waals surface area contributed by atoms with Gasteiger partial charge in [-0.1, -0.05) is 24.3 Å². The molecule has 94 valence electrons. The molecule has 3 rings (SSSR count). The van der Waals surface area contributed by atoms with Crippen LogP contribution in [0.1, 0.15) is 22.7 Å².